The lowest BCUT2D eigenvalue weighted by Crippen LogP contribution is -2.19. The molecule has 11 heteroatoms. The number of alkyl halides is 3. The molecule has 0 bridgehead atoms. The molecule has 0 atom stereocenters. The van der Waals surface area contributed by atoms with Gasteiger partial charge >= 0.3 is 12.2 Å². The standard InChI is InChI=1S/C19H15F3N6O2/c20-19(21,22)11-4-6-12(7-5-11)26-18(29)27-13-2-1-3-14(8-13)30-17-15-9-25-28-16(15)23-10-24-17/h1-8,10,25H,9H2,(H,23,24,28)(H2,26,27,29). The van der Waals surface area contributed by atoms with Gasteiger partial charge in [-0.25, -0.2) is 20.2 Å². The van der Waals surface area contributed by atoms with Crippen LogP contribution in [0.2, 0.25) is 0 Å². The fourth-order valence-electron chi connectivity index (χ4n) is 2.75. The molecule has 154 valence electrons. The summed E-state index contributed by atoms with van der Waals surface area (Å²) in [4.78, 5) is 20.4. The zero-order valence-electron chi connectivity index (χ0n) is 15.2. The van der Waals surface area contributed by atoms with E-state index in [1.165, 1.54) is 18.5 Å². The van der Waals surface area contributed by atoms with Crippen molar-refractivity contribution >= 4 is 23.2 Å². The minimum Gasteiger partial charge on any atom is -0.438 e. The fraction of sp³-hybridized carbons (Fsp3) is 0.105. The maximum absolute atomic E-state index is 12.6. The molecule has 1 aliphatic rings. The fourth-order valence-corrected chi connectivity index (χ4v) is 2.75. The number of amides is 2. The number of ether oxygens (including phenoxy) is 1. The molecule has 1 aromatic heterocycles. The summed E-state index contributed by atoms with van der Waals surface area (Å²) < 4.78 is 43.6. The highest BCUT2D eigenvalue weighted by Crippen LogP contribution is 2.31. The van der Waals surface area contributed by atoms with Crippen LogP contribution in [0.5, 0.6) is 11.6 Å². The van der Waals surface area contributed by atoms with Gasteiger partial charge in [0.05, 0.1) is 11.1 Å². The third-order valence-electron chi connectivity index (χ3n) is 4.15. The number of benzene rings is 2. The van der Waals surface area contributed by atoms with E-state index in [9.17, 15) is 18.0 Å². The average molecular weight is 416 g/mol. The minimum atomic E-state index is -4.43. The molecule has 2 heterocycles. The molecule has 4 rings (SSSR count). The number of fused-ring (bicyclic) bond motifs is 1. The molecule has 0 unspecified atom stereocenters. The Balaban J connectivity index is 1.41. The van der Waals surface area contributed by atoms with Crippen LogP contribution in [0.1, 0.15) is 11.1 Å². The molecule has 0 spiro atoms. The zero-order valence-corrected chi connectivity index (χ0v) is 15.2. The number of rotatable bonds is 4. The van der Waals surface area contributed by atoms with E-state index in [4.69, 9.17) is 4.74 Å². The van der Waals surface area contributed by atoms with Gasteiger partial charge in [-0.15, -0.1) is 0 Å². The van der Waals surface area contributed by atoms with Gasteiger partial charge < -0.3 is 20.8 Å². The van der Waals surface area contributed by atoms with Gasteiger partial charge in [0.2, 0.25) is 5.88 Å². The maximum Gasteiger partial charge on any atom is 0.416 e. The van der Waals surface area contributed by atoms with Gasteiger partial charge in [0.25, 0.3) is 0 Å². The van der Waals surface area contributed by atoms with Crippen molar-refractivity contribution < 1.29 is 22.7 Å². The number of halogens is 3. The molecule has 0 saturated heterocycles. The van der Waals surface area contributed by atoms with Gasteiger partial charge in [0.1, 0.15) is 12.1 Å². The molecular weight excluding hydrogens is 401 g/mol. The molecule has 0 radical (unpaired) electrons. The van der Waals surface area contributed by atoms with Crippen molar-refractivity contribution in [2.45, 2.75) is 12.7 Å². The van der Waals surface area contributed by atoms with E-state index in [1.54, 1.807) is 24.3 Å². The summed E-state index contributed by atoms with van der Waals surface area (Å²) in [5.41, 5.74) is 6.45. The highest BCUT2D eigenvalue weighted by molar-refractivity contribution is 5.99. The number of nitrogens with one attached hydrogen (secondary N) is 4. The Morgan fingerprint density at radius 2 is 1.80 bits per heavy atom. The normalized spacial score (nSPS) is 12.6. The Bertz CT molecular complexity index is 1070. The average Bonchev–Trinajstić information content (AvgIpc) is 3.18. The number of nitrogens with zero attached hydrogens (tertiary/aromatic N) is 2. The van der Waals surface area contributed by atoms with E-state index in [-0.39, 0.29) is 5.69 Å². The van der Waals surface area contributed by atoms with Crippen LogP contribution in [0.3, 0.4) is 0 Å². The first-order valence-electron chi connectivity index (χ1n) is 8.74. The molecule has 4 N–H and O–H groups in total. The van der Waals surface area contributed by atoms with Gasteiger partial charge in [-0.05, 0) is 36.4 Å². The summed E-state index contributed by atoms with van der Waals surface area (Å²) in [6.07, 6.45) is -3.06. The van der Waals surface area contributed by atoms with Gasteiger partial charge in [0.15, 0.2) is 5.82 Å². The first-order valence-corrected chi connectivity index (χ1v) is 8.74. The van der Waals surface area contributed by atoms with Crippen LogP contribution in [0, 0.1) is 0 Å². The van der Waals surface area contributed by atoms with Crippen molar-refractivity contribution in [3.05, 3.63) is 66.0 Å². The van der Waals surface area contributed by atoms with Gasteiger partial charge in [-0.3, -0.25) is 0 Å². The van der Waals surface area contributed by atoms with Gasteiger partial charge in [-0.2, -0.15) is 13.2 Å². The second-order valence-corrected chi connectivity index (χ2v) is 6.27. The van der Waals surface area contributed by atoms with Crippen molar-refractivity contribution in [1.29, 1.82) is 0 Å². The number of anilines is 3. The molecule has 0 saturated carbocycles. The zero-order chi connectivity index (χ0) is 21.1. The van der Waals surface area contributed by atoms with E-state index >= 15 is 0 Å². The Hall–Kier alpha value is -3.86. The summed E-state index contributed by atoms with van der Waals surface area (Å²) >= 11 is 0. The quantitative estimate of drug-likeness (QED) is 0.504. The van der Waals surface area contributed by atoms with Crippen LogP contribution in [0.25, 0.3) is 0 Å². The lowest BCUT2D eigenvalue weighted by atomic mass is 10.2. The molecule has 30 heavy (non-hydrogen) atoms. The first-order chi connectivity index (χ1) is 14.4. The molecule has 3 aromatic rings. The van der Waals surface area contributed by atoms with E-state index in [0.717, 1.165) is 17.7 Å². The van der Waals surface area contributed by atoms with E-state index < -0.39 is 17.8 Å². The summed E-state index contributed by atoms with van der Waals surface area (Å²) in [6.45, 7) is 0.499. The van der Waals surface area contributed by atoms with Crippen LogP contribution in [-0.2, 0) is 12.7 Å². The Morgan fingerprint density at radius 1 is 1.03 bits per heavy atom. The van der Waals surface area contributed by atoms with E-state index in [1.807, 2.05) is 0 Å². The molecule has 0 fully saturated rings. The number of carbonyl (C=O) groups is 1. The van der Waals surface area contributed by atoms with E-state index in [0.29, 0.717) is 29.7 Å². The molecule has 2 amide bonds. The largest absolute Gasteiger partial charge is 0.438 e. The van der Waals surface area contributed by atoms with Crippen molar-refractivity contribution in [3.8, 4) is 11.6 Å². The summed E-state index contributed by atoms with van der Waals surface area (Å²) in [5, 5.41) is 5.08. The van der Waals surface area contributed by atoms with Gasteiger partial charge in [-0.1, -0.05) is 6.07 Å². The maximum atomic E-state index is 12.6. The molecule has 8 nitrogen and oxygen atoms in total. The van der Waals surface area contributed by atoms with Crippen LogP contribution in [0.4, 0.5) is 35.2 Å². The number of urea groups is 1. The molecule has 1 aliphatic heterocycles. The number of aromatic nitrogens is 2. The highest BCUT2D eigenvalue weighted by atomic mass is 19.4. The predicted molar refractivity (Wildman–Crippen MR) is 103 cm³/mol. The summed E-state index contributed by atoms with van der Waals surface area (Å²) in [6, 6.07) is 10.2. The number of hydrazine groups is 1. The number of carbonyl (C=O) groups excluding carboxylic acids is 1. The Labute approximate surface area is 168 Å². The lowest BCUT2D eigenvalue weighted by molar-refractivity contribution is -0.137. The monoisotopic (exact) mass is 416 g/mol. The van der Waals surface area contributed by atoms with E-state index in [2.05, 4.69) is 31.5 Å². The summed E-state index contributed by atoms with van der Waals surface area (Å²) in [5.74, 6) is 1.45. The third kappa shape index (κ3) is 4.41. The first kappa shape index (κ1) is 19.5. The van der Waals surface area contributed by atoms with Crippen LogP contribution < -0.4 is 26.2 Å². The number of hydrogen-bond donors (Lipinski definition) is 4. The number of hydrogen-bond acceptors (Lipinski definition) is 6. The van der Waals surface area contributed by atoms with Crippen molar-refractivity contribution in [3.63, 3.8) is 0 Å². The lowest BCUT2D eigenvalue weighted by Gasteiger charge is -2.11. The van der Waals surface area contributed by atoms with Gasteiger partial charge in [0, 0.05) is 24.0 Å². The molecule has 0 aliphatic carbocycles. The van der Waals surface area contributed by atoms with Crippen molar-refractivity contribution in [2.24, 2.45) is 0 Å². The summed E-state index contributed by atoms with van der Waals surface area (Å²) in [7, 11) is 0. The van der Waals surface area contributed by atoms with Crippen LogP contribution >= 0.6 is 0 Å². The predicted octanol–water partition coefficient (Wildman–Crippen LogP) is 4.36. The topological polar surface area (TPSA) is 100 Å². The minimum absolute atomic E-state index is 0.226. The van der Waals surface area contributed by atoms with Crippen molar-refractivity contribution in [1.82, 2.24) is 15.4 Å². The Kier molecular flexibility index (Phi) is 5.11. The smallest absolute Gasteiger partial charge is 0.416 e. The highest BCUT2D eigenvalue weighted by Gasteiger charge is 2.30. The van der Waals surface area contributed by atoms with Crippen LogP contribution in [0.15, 0.2) is 54.9 Å². The molecular formula is C19H15F3N6O2. The molecule has 2 aromatic carbocycles. The second kappa shape index (κ2) is 7.87. The second-order valence-electron chi connectivity index (χ2n) is 6.27. The van der Waals surface area contributed by atoms with Crippen LogP contribution in [-0.4, -0.2) is 16.0 Å². The van der Waals surface area contributed by atoms with Crippen molar-refractivity contribution in [2.75, 3.05) is 16.1 Å². The SMILES string of the molecule is O=C(Nc1ccc(C(F)(F)F)cc1)Nc1cccc(Oc2ncnc3c2CNN3)c1. The third-order valence-corrected chi connectivity index (χ3v) is 4.15. The Morgan fingerprint density at radius 3 is 2.57 bits per heavy atom.